The average molecular weight is 302 g/mol. The van der Waals surface area contributed by atoms with Crippen LogP contribution < -0.4 is 5.32 Å². The van der Waals surface area contributed by atoms with Gasteiger partial charge in [-0.3, -0.25) is 0 Å². The fourth-order valence-electron chi connectivity index (χ4n) is 1.61. The predicted molar refractivity (Wildman–Crippen MR) is 75.1 cm³/mol. The molecule has 0 aliphatic rings. The van der Waals surface area contributed by atoms with Crippen LogP contribution in [0, 0.1) is 11.3 Å². The zero-order valence-corrected chi connectivity index (χ0v) is 11.5. The van der Waals surface area contributed by atoms with Crippen molar-refractivity contribution in [2.45, 2.75) is 13.0 Å². The number of halogens is 1. The molecular weight excluding hydrogens is 290 g/mol. The summed E-state index contributed by atoms with van der Waals surface area (Å²) in [6.07, 6.45) is 1.76. The standard InChI is InChI=1S/C14H12BrN3/c1-10(12-4-2-11(8-16)3-5-12)18-14-7-6-13(15)9-17-14/h2-7,9-10H,1H3,(H,17,18). The van der Waals surface area contributed by atoms with Gasteiger partial charge in [-0.05, 0) is 52.7 Å². The number of nitrogens with zero attached hydrogens (tertiary/aromatic N) is 2. The molecule has 0 saturated carbocycles. The van der Waals surface area contributed by atoms with Gasteiger partial charge in [0.1, 0.15) is 5.82 Å². The highest BCUT2D eigenvalue weighted by Gasteiger charge is 2.05. The number of aromatic nitrogens is 1. The van der Waals surface area contributed by atoms with E-state index in [4.69, 9.17) is 5.26 Å². The van der Waals surface area contributed by atoms with Crippen LogP contribution in [0.3, 0.4) is 0 Å². The normalized spacial score (nSPS) is 11.6. The van der Waals surface area contributed by atoms with Crippen molar-refractivity contribution in [2.75, 3.05) is 5.32 Å². The van der Waals surface area contributed by atoms with Crippen molar-refractivity contribution < 1.29 is 0 Å². The minimum atomic E-state index is 0.145. The maximum Gasteiger partial charge on any atom is 0.126 e. The Morgan fingerprint density at radius 2 is 1.94 bits per heavy atom. The minimum Gasteiger partial charge on any atom is -0.364 e. The van der Waals surface area contributed by atoms with Gasteiger partial charge in [-0.1, -0.05) is 12.1 Å². The molecule has 1 aromatic carbocycles. The van der Waals surface area contributed by atoms with Crippen LogP contribution in [0.25, 0.3) is 0 Å². The van der Waals surface area contributed by atoms with E-state index in [0.717, 1.165) is 15.9 Å². The lowest BCUT2D eigenvalue weighted by Crippen LogP contribution is -2.07. The fraction of sp³-hybridized carbons (Fsp3) is 0.143. The Labute approximate surface area is 115 Å². The Morgan fingerprint density at radius 3 is 2.50 bits per heavy atom. The summed E-state index contributed by atoms with van der Waals surface area (Å²) < 4.78 is 0.957. The van der Waals surface area contributed by atoms with Crippen molar-refractivity contribution >= 4 is 21.7 Å². The van der Waals surface area contributed by atoms with Crippen LogP contribution in [0.1, 0.15) is 24.1 Å². The maximum atomic E-state index is 8.75. The van der Waals surface area contributed by atoms with E-state index in [0.29, 0.717) is 5.56 Å². The first-order valence-corrected chi connectivity index (χ1v) is 6.36. The van der Waals surface area contributed by atoms with Crippen molar-refractivity contribution in [3.63, 3.8) is 0 Å². The van der Waals surface area contributed by atoms with E-state index in [9.17, 15) is 0 Å². The number of hydrogen-bond donors (Lipinski definition) is 1. The molecule has 0 spiro atoms. The predicted octanol–water partition coefficient (Wildman–Crippen LogP) is 3.89. The first-order chi connectivity index (χ1) is 8.69. The number of hydrogen-bond acceptors (Lipinski definition) is 3. The summed E-state index contributed by atoms with van der Waals surface area (Å²) in [6.45, 7) is 2.06. The first kappa shape index (κ1) is 12.6. The second kappa shape index (κ2) is 5.65. The Morgan fingerprint density at radius 1 is 1.22 bits per heavy atom. The third-order valence-corrected chi connectivity index (χ3v) is 3.10. The van der Waals surface area contributed by atoms with Crippen LogP contribution in [0.2, 0.25) is 0 Å². The molecule has 1 unspecified atom stereocenters. The summed E-state index contributed by atoms with van der Waals surface area (Å²) in [5.41, 5.74) is 1.80. The zero-order chi connectivity index (χ0) is 13.0. The number of anilines is 1. The molecule has 0 aliphatic carbocycles. The third kappa shape index (κ3) is 3.08. The molecule has 0 fully saturated rings. The average Bonchev–Trinajstić information content (AvgIpc) is 2.41. The number of rotatable bonds is 3. The molecule has 1 aromatic heterocycles. The number of nitrogens with one attached hydrogen (secondary N) is 1. The summed E-state index contributed by atoms with van der Waals surface area (Å²) >= 11 is 3.35. The smallest absolute Gasteiger partial charge is 0.126 e. The van der Waals surface area contributed by atoms with Gasteiger partial charge < -0.3 is 5.32 Å². The van der Waals surface area contributed by atoms with Crippen LogP contribution in [0.5, 0.6) is 0 Å². The number of nitriles is 1. The van der Waals surface area contributed by atoms with Crippen molar-refractivity contribution in [3.8, 4) is 6.07 Å². The molecular formula is C14H12BrN3. The Bertz CT molecular complexity index is 555. The Kier molecular flexibility index (Phi) is 3.96. The van der Waals surface area contributed by atoms with Gasteiger partial charge in [0.05, 0.1) is 11.6 Å². The molecule has 0 aliphatic heterocycles. The molecule has 90 valence electrons. The van der Waals surface area contributed by atoms with E-state index in [1.165, 1.54) is 0 Å². The Hall–Kier alpha value is -1.86. The summed E-state index contributed by atoms with van der Waals surface area (Å²) in [5.74, 6) is 0.829. The summed E-state index contributed by atoms with van der Waals surface area (Å²) in [5, 5.41) is 12.1. The van der Waals surface area contributed by atoms with Gasteiger partial charge in [0.15, 0.2) is 0 Å². The van der Waals surface area contributed by atoms with Gasteiger partial charge >= 0.3 is 0 Å². The molecule has 0 saturated heterocycles. The van der Waals surface area contributed by atoms with Crippen molar-refractivity contribution in [1.29, 1.82) is 5.26 Å². The summed E-state index contributed by atoms with van der Waals surface area (Å²) in [7, 11) is 0. The third-order valence-electron chi connectivity index (χ3n) is 2.63. The van der Waals surface area contributed by atoms with Crippen molar-refractivity contribution in [1.82, 2.24) is 4.98 Å². The van der Waals surface area contributed by atoms with Gasteiger partial charge in [0.25, 0.3) is 0 Å². The van der Waals surface area contributed by atoms with E-state index in [1.54, 1.807) is 6.20 Å². The first-order valence-electron chi connectivity index (χ1n) is 5.57. The lowest BCUT2D eigenvalue weighted by Gasteiger charge is -2.14. The molecule has 2 rings (SSSR count). The highest BCUT2D eigenvalue weighted by molar-refractivity contribution is 9.10. The van der Waals surface area contributed by atoms with Gasteiger partial charge in [0.2, 0.25) is 0 Å². The molecule has 18 heavy (non-hydrogen) atoms. The number of benzene rings is 1. The van der Waals surface area contributed by atoms with Crippen LogP contribution in [0.4, 0.5) is 5.82 Å². The largest absolute Gasteiger partial charge is 0.364 e. The van der Waals surface area contributed by atoms with Gasteiger partial charge in [-0.15, -0.1) is 0 Å². The highest BCUT2D eigenvalue weighted by Crippen LogP contribution is 2.19. The molecule has 2 aromatic rings. The number of pyridine rings is 1. The topological polar surface area (TPSA) is 48.7 Å². The van der Waals surface area contributed by atoms with Crippen LogP contribution in [-0.4, -0.2) is 4.98 Å². The van der Waals surface area contributed by atoms with Crippen molar-refractivity contribution in [3.05, 3.63) is 58.2 Å². The zero-order valence-electron chi connectivity index (χ0n) is 9.89. The SMILES string of the molecule is CC(Nc1ccc(Br)cn1)c1ccc(C#N)cc1. The molecule has 1 N–H and O–H groups in total. The van der Waals surface area contributed by atoms with Crippen molar-refractivity contribution in [2.24, 2.45) is 0 Å². The Balaban J connectivity index is 2.09. The lowest BCUT2D eigenvalue weighted by molar-refractivity contribution is 0.874. The molecule has 1 heterocycles. The van der Waals surface area contributed by atoms with Gasteiger partial charge in [-0.2, -0.15) is 5.26 Å². The van der Waals surface area contributed by atoms with Crippen LogP contribution in [0.15, 0.2) is 47.1 Å². The van der Waals surface area contributed by atoms with E-state index in [-0.39, 0.29) is 6.04 Å². The molecule has 0 amide bonds. The van der Waals surface area contributed by atoms with E-state index >= 15 is 0 Å². The molecule has 0 bridgehead atoms. The fourth-order valence-corrected chi connectivity index (χ4v) is 1.85. The molecule has 0 radical (unpaired) electrons. The van der Waals surface area contributed by atoms with E-state index in [2.05, 4.69) is 39.2 Å². The minimum absolute atomic E-state index is 0.145. The molecule has 4 heteroatoms. The molecule has 3 nitrogen and oxygen atoms in total. The molecule has 1 atom stereocenters. The van der Waals surface area contributed by atoms with Gasteiger partial charge in [-0.25, -0.2) is 4.98 Å². The van der Waals surface area contributed by atoms with Crippen LogP contribution >= 0.6 is 15.9 Å². The summed E-state index contributed by atoms with van der Waals surface area (Å²) in [4.78, 5) is 4.27. The van der Waals surface area contributed by atoms with Gasteiger partial charge in [0, 0.05) is 16.7 Å². The van der Waals surface area contributed by atoms with E-state index < -0.39 is 0 Å². The highest BCUT2D eigenvalue weighted by atomic mass is 79.9. The lowest BCUT2D eigenvalue weighted by atomic mass is 10.1. The quantitative estimate of drug-likeness (QED) is 0.935. The van der Waals surface area contributed by atoms with Crippen LogP contribution in [-0.2, 0) is 0 Å². The summed E-state index contributed by atoms with van der Waals surface area (Å²) in [6, 6.07) is 13.7. The monoisotopic (exact) mass is 301 g/mol. The van der Waals surface area contributed by atoms with E-state index in [1.807, 2.05) is 36.4 Å². The maximum absolute atomic E-state index is 8.75. The second-order valence-electron chi connectivity index (χ2n) is 3.96. The second-order valence-corrected chi connectivity index (χ2v) is 4.88.